The van der Waals surface area contributed by atoms with E-state index in [4.69, 9.17) is 25.4 Å². The lowest BCUT2D eigenvalue weighted by atomic mass is 9.89. The first kappa shape index (κ1) is 37.9. The number of fused-ring (bicyclic) bond motifs is 13. The van der Waals surface area contributed by atoms with Gasteiger partial charge in [-0.05, 0) is 71.4 Å². The summed E-state index contributed by atoms with van der Waals surface area (Å²) >= 11 is 0. The molecule has 15 rings (SSSR count). The number of para-hydroxylation sites is 7. The second kappa shape index (κ2) is 14.4. The predicted octanol–water partition coefficient (Wildman–Crippen LogP) is 16.4. The Morgan fingerprint density at radius 2 is 1.04 bits per heavy atom. The van der Waals surface area contributed by atoms with Gasteiger partial charge in [0.2, 0.25) is 0 Å². The molecular weight excluding hydrogens is 845 g/mol. The van der Waals surface area contributed by atoms with Crippen LogP contribution in [0.3, 0.4) is 0 Å². The molecule has 1 atom stereocenters. The van der Waals surface area contributed by atoms with Crippen molar-refractivity contribution in [3.63, 3.8) is 0 Å². The molecule has 0 fully saturated rings. The summed E-state index contributed by atoms with van der Waals surface area (Å²) in [5.74, 6) is 0.583. The largest absolute Gasteiger partial charge is 0.456 e. The number of benzene rings is 10. The minimum atomic E-state index is -0.543. The van der Waals surface area contributed by atoms with Crippen molar-refractivity contribution >= 4 is 110 Å². The van der Waals surface area contributed by atoms with Crippen LogP contribution in [0.25, 0.3) is 110 Å². The van der Waals surface area contributed by atoms with Gasteiger partial charge in [0.05, 0.1) is 33.5 Å². The molecule has 0 N–H and O–H groups in total. The molecule has 5 heterocycles. The summed E-state index contributed by atoms with van der Waals surface area (Å²) in [6.45, 7) is 4.92. The van der Waals surface area contributed by atoms with Crippen molar-refractivity contribution < 1.29 is 8.83 Å². The molecule has 0 saturated carbocycles. The number of hydrogen-bond acceptors (Lipinski definition) is 4. The first-order chi connectivity index (χ1) is 34.1. The number of aliphatic imine (C=N–C) groups is 2. The van der Waals surface area contributed by atoms with Gasteiger partial charge in [0, 0.05) is 77.1 Å². The van der Waals surface area contributed by atoms with Crippen molar-refractivity contribution in [1.82, 2.24) is 9.13 Å². The van der Waals surface area contributed by atoms with Gasteiger partial charge in [-0.15, -0.1) is 0 Å². The Morgan fingerprint density at radius 1 is 0.420 bits per heavy atom. The third kappa shape index (κ3) is 5.48. The van der Waals surface area contributed by atoms with Gasteiger partial charge in [0.15, 0.2) is 5.84 Å². The number of aromatic nitrogens is 2. The van der Waals surface area contributed by atoms with Crippen LogP contribution < -0.4 is 0 Å². The van der Waals surface area contributed by atoms with Gasteiger partial charge in [0.25, 0.3) is 0 Å². The maximum Gasteiger partial charge on any atom is 0.157 e. The zero-order valence-corrected chi connectivity index (χ0v) is 37.1. The summed E-state index contributed by atoms with van der Waals surface area (Å²) < 4.78 is 18.4. The van der Waals surface area contributed by atoms with Gasteiger partial charge in [-0.2, -0.15) is 0 Å². The fourth-order valence-corrected chi connectivity index (χ4v) is 11.3. The molecule has 4 aromatic heterocycles. The van der Waals surface area contributed by atoms with Crippen LogP contribution in [0.15, 0.2) is 243 Å². The number of nitrogens with zero attached hydrogens (tertiary/aromatic N) is 4. The smallest absolute Gasteiger partial charge is 0.157 e. The van der Waals surface area contributed by atoms with Crippen molar-refractivity contribution in [3.8, 4) is 11.4 Å². The summed E-state index contributed by atoms with van der Waals surface area (Å²) in [7, 11) is 0. The van der Waals surface area contributed by atoms with Crippen LogP contribution >= 0.6 is 0 Å². The molecular formula is C63H38N4O2. The minimum absolute atomic E-state index is 0.543. The zero-order chi connectivity index (χ0) is 45.3. The van der Waals surface area contributed by atoms with Crippen LogP contribution in [-0.4, -0.2) is 20.7 Å². The Balaban J connectivity index is 1.06. The Morgan fingerprint density at radius 3 is 1.86 bits per heavy atom. The fraction of sp³-hybridized carbons (Fsp3) is 0.0159. The average Bonchev–Trinajstić information content (AvgIpc) is 4.16. The van der Waals surface area contributed by atoms with Gasteiger partial charge >= 0.3 is 0 Å². The molecule has 6 heteroatoms. The first-order valence-electron chi connectivity index (χ1n) is 23.4. The predicted molar refractivity (Wildman–Crippen MR) is 285 cm³/mol. The highest BCUT2D eigenvalue weighted by Gasteiger charge is 2.32. The van der Waals surface area contributed by atoms with E-state index in [1.807, 2.05) is 24.3 Å². The van der Waals surface area contributed by atoms with Crippen molar-refractivity contribution in [1.29, 1.82) is 0 Å². The SMILES string of the molecule is C=C1C(c2cccc3c2oc2ccccc23)=NC(c2cc(-n3c4ccccc4c4cc5ccccc5cc43)cc3oc4ccccc4c23)=N[C@H]1c1cccc2c3ccccc3n(-c3ccccc3)c12. The van der Waals surface area contributed by atoms with Crippen LogP contribution in [0.5, 0.6) is 0 Å². The summed E-state index contributed by atoms with van der Waals surface area (Å²) in [6.07, 6.45) is 0. The highest BCUT2D eigenvalue weighted by Crippen LogP contribution is 2.45. The van der Waals surface area contributed by atoms with E-state index >= 15 is 0 Å². The summed E-state index contributed by atoms with van der Waals surface area (Å²) in [5, 5.41) is 11.1. The van der Waals surface area contributed by atoms with Gasteiger partial charge < -0.3 is 18.0 Å². The van der Waals surface area contributed by atoms with Crippen LogP contribution in [0.1, 0.15) is 22.7 Å². The molecule has 10 aromatic carbocycles. The van der Waals surface area contributed by atoms with Crippen LogP contribution in [0.4, 0.5) is 0 Å². The van der Waals surface area contributed by atoms with Gasteiger partial charge in [-0.3, -0.25) is 4.99 Å². The van der Waals surface area contributed by atoms with Crippen molar-refractivity contribution in [2.75, 3.05) is 0 Å². The quantitative estimate of drug-likeness (QED) is 0.173. The average molecular weight is 883 g/mol. The molecule has 0 spiro atoms. The van der Waals surface area contributed by atoms with Crippen molar-refractivity contribution in [3.05, 3.63) is 241 Å². The fourth-order valence-electron chi connectivity index (χ4n) is 11.3. The number of furan rings is 2. The standard InChI is InChI=1S/C63H38N4O2/c1-37-59(48-27-15-25-45-42-21-7-12-30-53(42)67(61(45)48)40-19-3-2-4-20-40)64-63(65-60(37)49-28-16-26-46-44-23-9-13-31-55(44)69-62(46)49)51-35-41(36-57-58(51)47-24-10-14-32-56(47)68-57)66-52-29-11-8-22-43(52)50-33-38-17-5-6-18-39(38)34-54(50)66/h2-36,59H,1H2/t59-/m1/s1. The van der Waals surface area contributed by atoms with E-state index in [2.05, 4.69) is 197 Å². The van der Waals surface area contributed by atoms with Gasteiger partial charge in [0.1, 0.15) is 28.4 Å². The second-order valence-electron chi connectivity index (χ2n) is 18.1. The molecule has 0 radical (unpaired) electrons. The van der Waals surface area contributed by atoms with E-state index < -0.39 is 6.04 Å². The number of rotatable bonds is 5. The molecule has 69 heavy (non-hydrogen) atoms. The second-order valence-corrected chi connectivity index (χ2v) is 18.1. The highest BCUT2D eigenvalue weighted by atomic mass is 16.3. The summed E-state index contributed by atoms with van der Waals surface area (Å²) in [5.41, 5.74) is 13.8. The molecule has 6 nitrogen and oxygen atoms in total. The molecule has 0 unspecified atom stereocenters. The Bertz CT molecular complexity index is 4580. The van der Waals surface area contributed by atoms with Crippen LogP contribution in [0, 0.1) is 0 Å². The number of hydrogen-bond donors (Lipinski definition) is 0. The summed E-state index contributed by atoms with van der Waals surface area (Å²) in [6, 6.07) is 74.4. The molecule has 0 aliphatic carbocycles. The van der Waals surface area contributed by atoms with Gasteiger partial charge in [-0.25, -0.2) is 4.99 Å². The Kier molecular flexibility index (Phi) is 7.89. The molecule has 1 aliphatic rings. The lowest BCUT2D eigenvalue weighted by Crippen LogP contribution is -2.21. The third-order valence-corrected chi connectivity index (χ3v) is 14.3. The van der Waals surface area contributed by atoms with E-state index in [9.17, 15) is 0 Å². The molecule has 322 valence electrons. The molecule has 0 saturated heterocycles. The van der Waals surface area contributed by atoms with Crippen molar-refractivity contribution in [2.24, 2.45) is 9.98 Å². The van der Waals surface area contributed by atoms with E-state index in [0.29, 0.717) is 5.84 Å². The summed E-state index contributed by atoms with van der Waals surface area (Å²) in [4.78, 5) is 11.5. The number of amidine groups is 1. The third-order valence-electron chi connectivity index (χ3n) is 14.3. The van der Waals surface area contributed by atoms with Crippen LogP contribution in [0.2, 0.25) is 0 Å². The maximum atomic E-state index is 6.86. The van der Waals surface area contributed by atoms with E-state index in [-0.39, 0.29) is 0 Å². The maximum absolute atomic E-state index is 6.86. The first-order valence-corrected chi connectivity index (χ1v) is 23.4. The minimum Gasteiger partial charge on any atom is -0.456 e. The highest BCUT2D eigenvalue weighted by molar-refractivity contribution is 6.29. The Labute approximate surface area is 394 Å². The van der Waals surface area contributed by atoms with E-state index in [0.717, 1.165) is 111 Å². The molecule has 14 aromatic rings. The normalized spacial score (nSPS) is 14.4. The topological polar surface area (TPSA) is 60.9 Å². The van der Waals surface area contributed by atoms with Crippen LogP contribution in [-0.2, 0) is 0 Å². The van der Waals surface area contributed by atoms with Crippen molar-refractivity contribution in [2.45, 2.75) is 6.04 Å². The zero-order valence-electron chi connectivity index (χ0n) is 37.1. The molecule has 0 amide bonds. The lowest BCUT2D eigenvalue weighted by Gasteiger charge is -2.25. The van der Waals surface area contributed by atoms with E-state index in [1.165, 1.54) is 26.9 Å². The monoisotopic (exact) mass is 882 g/mol. The lowest BCUT2D eigenvalue weighted by molar-refractivity contribution is 0.667. The van der Waals surface area contributed by atoms with Gasteiger partial charge in [-0.1, -0.05) is 152 Å². The Hall–Kier alpha value is -9.26. The molecule has 1 aliphatic heterocycles. The van der Waals surface area contributed by atoms with E-state index in [1.54, 1.807) is 0 Å². The molecule has 0 bridgehead atoms.